The van der Waals surface area contributed by atoms with Crippen LogP contribution in [0.4, 0.5) is 0 Å². The molecular formula is C13H13BrN4O5. The van der Waals surface area contributed by atoms with Crippen molar-refractivity contribution < 1.29 is 23.7 Å². The first-order valence-electron chi connectivity index (χ1n) is 5.76. The number of rotatable bonds is 3. The van der Waals surface area contributed by atoms with Gasteiger partial charge in [-0.25, -0.2) is 24.7 Å². The molecule has 9 nitrogen and oxygen atoms in total. The van der Waals surface area contributed by atoms with E-state index in [0.29, 0.717) is 5.88 Å². The Labute approximate surface area is 140 Å². The summed E-state index contributed by atoms with van der Waals surface area (Å²) in [7, 11) is 4.27. The average Bonchev–Trinajstić information content (AvgIpc) is 2.63. The molecular weight excluding hydrogens is 372 g/mol. The van der Waals surface area contributed by atoms with Crippen molar-refractivity contribution in [1.82, 2.24) is 19.9 Å². The summed E-state index contributed by atoms with van der Waals surface area (Å²) in [5, 5.41) is 0. The molecule has 0 aliphatic carbocycles. The van der Waals surface area contributed by atoms with E-state index in [0.717, 1.165) is 4.47 Å². The number of hydrogen-bond acceptors (Lipinski definition) is 8. The quantitative estimate of drug-likeness (QED) is 0.443. The van der Waals surface area contributed by atoms with E-state index in [9.17, 15) is 4.79 Å². The van der Waals surface area contributed by atoms with Crippen LogP contribution in [0.15, 0.2) is 29.5 Å². The fraction of sp³-hybridized carbons (Fsp3) is 0.231. The molecule has 0 amide bonds. The third-order valence-corrected chi connectivity index (χ3v) is 2.65. The van der Waals surface area contributed by atoms with Crippen molar-refractivity contribution in [3.8, 4) is 11.8 Å². The van der Waals surface area contributed by atoms with Crippen LogP contribution in [0.2, 0.25) is 0 Å². The Morgan fingerprint density at radius 3 is 2.00 bits per heavy atom. The van der Waals surface area contributed by atoms with Gasteiger partial charge in [0.1, 0.15) is 18.2 Å². The number of methoxy groups -OCH3 is 3. The van der Waals surface area contributed by atoms with Crippen LogP contribution in [0, 0.1) is 6.65 Å². The van der Waals surface area contributed by atoms with Gasteiger partial charge < -0.3 is 14.2 Å². The molecule has 0 radical (unpaired) electrons. The van der Waals surface area contributed by atoms with Gasteiger partial charge in [-0.1, -0.05) is 0 Å². The van der Waals surface area contributed by atoms with E-state index in [-0.39, 0.29) is 11.4 Å². The van der Waals surface area contributed by atoms with Gasteiger partial charge in [0.15, 0.2) is 0 Å². The molecule has 0 saturated heterocycles. The summed E-state index contributed by atoms with van der Waals surface area (Å²) in [5.41, 5.74) is 0.225. The van der Waals surface area contributed by atoms with Crippen molar-refractivity contribution in [2.45, 2.75) is 0 Å². The minimum absolute atomic E-state index is 0.219. The Bertz CT molecular complexity index is 639. The SMILES string of the molecule is COC(=O)c1cncnc1OC.COc1ncncc1Br.[C-]#[O+]. The van der Waals surface area contributed by atoms with Gasteiger partial charge >= 0.3 is 17.3 Å². The summed E-state index contributed by atoms with van der Waals surface area (Å²) >= 11 is 3.21. The van der Waals surface area contributed by atoms with Gasteiger partial charge in [-0.2, -0.15) is 0 Å². The summed E-state index contributed by atoms with van der Waals surface area (Å²) < 4.78 is 22.4. The molecule has 0 aromatic carbocycles. The van der Waals surface area contributed by atoms with Gasteiger partial charge in [0, 0.05) is 12.4 Å². The molecule has 2 aromatic rings. The van der Waals surface area contributed by atoms with Crippen LogP contribution in [-0.2, 0) is 9.39 Å². The van der Waals surface area contributed by atoms with E-state index in [1.807, 2.05) is 0 Å². The number of halogens is 1. The number of nitrogens with zero attached hydrogens (tertiary/aromatic N) is 4. The Hall–Kier alpha value is -2.55. The van der Waals surface area contributed by atoms with Crippen molar-refractivity contribution in [3.05, 3.63) is 41.7 Å². The van der Waals surface area contributed by atoms with E-state index < -0.39 is 5.97 Å². The Kier molecular flexibility index (Phi) is 10.7. The molecule has 0 saturated carbocycles. The molecule has 2 rings (SSSR count). The number of ether oxygens (including phenoxy) is 3. The van der Waals surface area contributed by atoms with Crippen LogP contribution in [-0.4, -0.2) is 47.2 Å². The zero-order valence-corrected chi connectivity index (χ0v) is 14.1. The van der Waals surface area contributed by atoms with Crippen LogP contribution in [0.25, 0.3) is 0 Å². The number of hydrogen-bond donors (Lipinski definition) is 0. The van der Waals surface area contributed by atoms with E-state index in [1.165, 1.54) is 33.1 Å². The van der Waals surface area contributed by atoms with Gasteiger partial charge in [0.05, 0.1) is 25.8 Å². The standard InChI is InChI=1S/C7H8N2O3.C5H5BrN2O.CO/c1-11-6-5(7(10)12-2)3-8-4-9-6;1-9-5-4(6)2-7-3-8-5;1-2/h3-4H,1-2H3;2-3H,1H3;. The summed E-state index contributed by atoms with van der Waals surface area (Å²) in [5.74, 6) is 0.273. The number of aromatic nitrogens is 4. The first-order chi connectivity index (χ1) is 11.1. The molecule has 0 atom stereocenters. The Morgan fingerprint density at radius 2 is 1.57 bits per heavy atom. The van der Waals surface area contributed by atoms with Gasteiger partial charge in [-0.3, -0.25) is 0 Å². The van der Waals surface area contributed by atoms with E-state index in [4.69, 9.17) is 14.1 Å². The third kappa shape index (κ3) is 6.83. The van der Waals surface area contributed by atoms with Crippen LogP contribution in [0.5, 0.6) is 11.8 Å². The van der Waals surface area contributed by atoms with Crippen molar-refractivity contribution in [2.24, 2.45) is 0 Å². The van der Waals surface area contributed by atoms with Crippen molar-refractivity contribution in [1.29, 1.82) is 0 Å². The zero-order valence-electron chi connectivity index (χ0n) is 12.5. The maximum absolute atomic E-state index is 11.0. The number of carbonyl (C=O) groups excluding carboxylic acids is 1. The van der Waals surface area contributed by atoms with E-state index in [2.05, 4.69) is 47.3 Å². The van der Waals surface area contributed by atoms with Gasteiger partial charge in [0.25, 0.3) is 0 Å². The van der Waals surface area contributed by atoms with Crippen LogP contribution >= 0.6 is 15.9 Å². The second-order valence-electron chi connectivity index (χ2n) is 3.32. The fourth-order valence-corrected chi connectivity index (χ4v) is 1.57. The predicted octanol–water partition coefficient (Wildman–Crippen LogP) is 1.48. The summed E-state index contributed by atoms with van der Waals surface area (Å²) in [6.07, 6.45) is 5.71. The van der Waals surface area contributed by atoms with E-state index in [1.54, 1.807) is 13.3 Å². The Morgan fingerprint density at radius 1 is 1.04 bits per heavy atom. The first-order valence-corrected chi connectivity index (χ1v) is 6.55. The average molecular weight is 385 g/mol. The van der Waals surface area contributed by atoms with Crippen LogP contribution < -0.4 is 9.47 Å². The maximum atomic E-state index is 11.0. The van der Waals surface area contributed by atoms with Crippen molar-refractivity contribution in [2.75, 3.05) is 21.3 Å². The minimum atomic E-state index is -0.507. The third-order valence-electron chi connectivity index (χ3n) is 2.10. The van der Waals surface area contributed by atoms with Crippen molar-refractivity contribution in [3.63, 3.8) is 0 Å². The molecule has 0 bridgehead atoms. The molecule has 0 aliphatic rings. The molecule has 2 heterocycles. The second-order valence-corrected chi connectivity index (χ2v) is 4.17. The molecule has 23 heavy (non-hydrogen) atoms. The van der Waals surface area contributed by atoms with Crippen molar-refractivity contribution >= 4 is 21.9 Å². The summed E-state index contributed by atoms with van der Waals surface area (Å²) in [6, 6.07) is 0. The predicted molar refractivity (Wildman–Crippen MR) is 80.1 cm³/mol. The molecule has 2 aromatic heterocycles. The normalized spacial score (nSPS) is 8.43. The Balaban J connectivity index is 0.000000392. The molecule has 0 N–H and O–H groups in total. The molecule has 0 spiro atoms. The second kappa shape index (κ2) is 12.0. The molecule has 122 valence electrons. The monoisotopic (exact) mass is 384 g/mol. The number of carbonyl (C=O) groups is 1. The molecule has 10 heteroatoms. The molecule has 0 unspecified atom stereocenters. The summed E-state index contributed by atoms with van der Waals surface area (Å²) in [6.45, 7) is 4.50. The summed E-state index contributed by atoms with van der Waals surface area (Å²) in [4.78, 5) is 26.0. The first kappa shape index (κ1) is 20.5. The van der Waals surface area contributed by atoms with Crippen LogP contribution in [0.3, 0.4) is 0 Å². The van der Waals surface area contributed by atoms with Gasteiger partial charge in [-0.05, 0) is 15.9 Å². The van der Waals surface area contributed by atoms with Gasteiger partial charge in [0.2, 0.25) is 11.8 Å². The van der Waals surface area contributed by atoms with Gasteiger partial charge in [-0.15, -0.1) is 0 Å². The topological polar surface area (TPSA) is 116 Å². The van der Waals surface area contributed by atoms with E-state index >= 15 is 0 Å². The fourth-order valence-electron chi connectivity index (χ4n) is 1.18. The van der Waals surface area contributed by atoms with Crippen LogP contribution in [0.1, 0.15) is 10.4 Å². The number of esters is 1. The molecule has 0 fully saturated rings. The molecule has 0 aliphatic heterocycles. The zero-order chi connectivity index (χ0) is 17.7.